The lowest BCUT2D eigenvalue weighted by molar-refractivity contribution is 0.428. The Morgan fingerprint density at radius 3 is 2.80 bits per heavy atom. The molecule has 1 aromatic carbocycles. The monoisotopic (exact) mass is 346 g/mol. The lowest BCUT2D eigenvalue weighted by Gasteiger charge is -2.25. The Labute approximate surface area is 146 Å². The lowest BCUT2D eigenvalue weighted by Crippen LogP contribution is -2.43. The van der Waals surface area contributed by atoms with Crippen LogP contribution in [0.25, 0.3) is 0 Å². The van der Waals surface area contributed by atoms with Crippen LogP contribution >= 0.6 is 0 Å². The van der Waals surface area contributed by atoms with Crippen LogP contribution in [0.1, 0.15) is 49.9 Å². The van der Waals surface area contributed by atoms with Gasteiger partial charge in [0.2, 0.25) is 0 Å². The molecule has 0 amide bonds. The largest absolute Gasteiger partial charge is 0.316 e. The maximum absolute atomic E-state index is 14.2. The van der Waals surface area contributed by atoms with Crippen LogP contribution in [0.2, 0.25) is 0 Å². The summed E-state index contributed by atoms with van der Waals surface area (Å²) in [5.41, 5.74) is 14.8. The fraction of sp³-hybridized carbons (Fsp3) is 0.421. The normalized spacial score (nSPS) is 21.1. The molecule has 3 unspecified atom stereocenters. The highest BCUT2D eigenvalue weighted by Crippen LogP contribution is 2.36. The summed E-state index contributed by atoms with van der Waals surface area (Å²) in [5.74, 6) is -0.229. The van der Waals surface area contributed by atoms with Gasteiger partial charge < -0.3 is 11.5 Å². The molecule has 0 fully saturated rings. The van der Waals surface area contributed by atoms with Crippen molar-refractivity contribution in [1.82, 2.24) is 5.32 Å². The summed E-state index contributed by atoms with van der Waals surface area (Å²) in [6.45, 7) is 1.93. The van der Waals surface area contributed by atoms with Gasteiger partial charge in [-0.15, -0.1) is 0 Å². The van der Waals surface area contributed by atoms with Gasteiger partial charge in [0.1, 0.15) is 11.6 Å². The van der Waals surface area contributed by atoms with Crippen LogP contribution < -0.4 is 16.8 Å². The van der Waals surface area contributed by atoms with Gasteiger partial charge in [-0.2, -0.15) is 0 Å². The molecule has 4 nitrogen and oxygen atoms in total. The third kappa shape index (κ3) is 4.03. The van der Waals surface area contributed by atoms with Gasteiger partial charge in [-0.05, 0) is 49.8 Å². The molecule has 0 bridgehead atoms. The summed E-state index contributed by atoms with van der Waals surface area (Å²) in [7, 11) is 0. The van der Waals surface area contributed by atoms with E-state index in [2.05, 4.69) is 10.3 Å². The quantitative estimate of drug-likeness (QED) is 0.659. The number of rotatable bonds is 7. The number of benzene rings is 1. The summed E-state index contributed by atoms with van der Waals surface area (Å²) < 4.78 is 27.2. The molecular weight excluding hydrogens is 322 g/mol. The van der Waals surface area contributed by atoms with E-state index in [4.69, 9.17) is 11.5 Å². The standard InChI is InChI=1S/C19H24F2N4/c1-2-18(22)25-19(23)13-9-14-16(24-17(14)10-15(13)21)8-5-11-3-6-12(20)7-4-11/h3,6-7,9-11,18-19,25H,2,4-5,8,22-23H2,1H3. The molecule has 1 heterocycles. The molecule has 3 atom stereocenters. The molecule has 3 rings (SSSR count). The Bertz CT molecular complexity index is 739. The molecule has 0 spiro atoms. The van der Waals surface area contributed by atoms with E-state index in [0.29, 0.717) is 30.0 Å². The van der Waals surface area contributed by atoms with Crippen LogP contribution in [0.3, 0.4) is 0 Å². The number of nitrogens with two attached hydrogens (primary N) is 2. The Kier molecular flexibility index (Phi) is 5.42. The molecule has 1 aromatic rings. The smallest absolute Gasteiger partial charge is 0.131 e. The minimum Gasteiger partial charge on any atom is -0.316 e. The number of hydrogen-bond acceptors (Lipinski definition) is 4. The number of nitrogens with one attached hydrogen (secondary N) is 1. The lowest BCUT2D eigenvalue weighted by atomic mass is 9.89. The van der Waals surface area contributed by atoms with Crippen molar-refractivity contribution in [2.24, 2.45) is 22.4 Å². The number of fused-ring (bicyclic) bond motifs is 1. The van der Waals surface area contributed by atoms with Crippen molar-refractivity contribution >= 4 is 11.4 Å². The molecule has 0 saturated carbocycles. The average molecular weight is 346 g/mol. The Balaban J connectivity index is 1.64. The maximum atomic E-state index is 14.2. The summed E-state index contributed by atoms with van der Waals surface area (Å²) in [4.78, 5) is 4.40. The van der Waals surface area contributed by atoms with Crippen LogP contribution in [0.5, 0.6) is 0 Å². The van der Waals surface area contributed by atoms with Gasteiger partial charge in [0.15, 0.2) is 0 Å². The number of halogens is 2. The zero-order valence-corrected chi connectivity index (χ0v) is 14.3. The van der Waals surface area contributed by atoms with E-state index in [-0.39, 0.29) is 17.8 Å². The molecule has 25 heavy (non-hydrogen) atoms. The zero-order valence-electron chi connectivity index (χ0n) is 14.3. The fourth-order valence-corrected chi connectivity index (χ4v) is 3.10. The SMILES string of the molecule is CCC(N)NC(N)c1cc2c(cc1F)N=C2CCC1C=CC(F)=CC1. The predicted molar refractivity (Wildman–Crippen MR) is 96.6 cm³/mol. The molecule has 0 radical (unpaired) electrons. The molecule has 1 aliphatic carbocycles. The number of aliphatic imine (C=N–C) groups is 1. The minimum absolute atomic E-state index is 0.172. The zero-order chi connectivity index (χ0) is 18.0. The van der Waals surface area contributed by atoms with E-state index >= 15 is 0 Å². The van der Waals surface area contributed by atoms with Gasteiger partial charge in [-0.3, -0.25) is 10.3 Å². The van der Waals surface area contributed by atoms with E-state index in [0.717, 1.165) is 24.1 Å². The first-order valence-electron chi connectivity index (χ1n) is 8.70. The first-order valence-corrected chi connectivity index (χ1v) is 8.70. The highest BCUT2D eigenvalue weighted by molar-refractivity contribution is 6.12. The molecular formula is C19H24F2N4. The Hall–Kier alpha value is -1.89. The fourth-order valence-electron chi connectivity index (χ4n) is 3.10. The summed E-state index contributed by atoms with van der Waals surface area (Å²) in [6, 6.07) is 3.19. The molecule has 2 aliphatic rings. The second kappa shape index (κ2) is 7.56. The molecule has 134 valence electrons. The first-order chi connectivity index (χ1) is 12.0. The van der Waals surface area contributed by atoms with E-state index in [1.165, 1.54) is 12.1 Å². The second-order valence-corrected chi connectivity index (χ2v) is 6.59. The van der Waals surface area contributed by atoms with Crippen LogP contribution in [-0.2, 0) is 0 Å². The molecule has 0 aromatic heterocycles. The summed E-state index contributed by atoms with van der Waals surface area (Å²) in [5, 5.41) is 2.98. The minimum atomic E-state index is -0.656. The van der Waals surface area contributed by atoms with Gasteiger partial charge in [0, 0.05) is 17.2 Å². The summed E-state index contributed by atoms with van der Waals surface area (Å²) in [6.07, 6.45) is 7.16. The third-order valence-electron chi connectivity index (χ3n) is 4.74. The van der Waals surface area contributed by atoms with Crippen LogP contribution in [0.15, 0.2) is 41.2 Å². The topological polar surface area (TPSA) is 76.4 Å². The van der Waals surface area contributed by atoms with Gasteiger partial charge >= 0.3 is 0 Å². The first kappa shape index (κ1) is 17.9. The highest BCUT2D eigenvalue weighted by Gasteiger charge is 2.24. The van der Waals surface area contributed by atoms with Crippen LogP contribution in [-0.4, -0.2) is 11.9 Å². The highest BCUT2D eigenvalue weighted by atomic mass is 19.1. The van der Waals surface area contributed by atoms with Crippen molar-refractivity contribution in [2.75, 3.05) is 0 Å². The van der Waals surface area contributed by atoms with Gasteiger partial charge in [0.05, 0.1) is 23.7 Å². The van der Waals surface area contributed by atoms with Crippen molar-refractivity contribution < 1.29 is 8.78 Å². The van der Waals surface area contributed by atoms with E-state index in [1.54, 1.807) is 12.1 Å². The van der Waals surface area contributed by atoms with Crippen molar-refractivity contribution in [3.05, 3.63) is 53.1 Å². The van der Waals surface area contributed by atoms with Crippen LogP contribution in [0, 0.1) is 11.7 Å². The van der Waals surface area contributed by atoms with E-state index in [1.807, 2.05) is 13.0 Å². The third-order valence-corrected chi connectivity index (χ3v) is 4.74. The van der Waals surface area contributed by atoms with Gasteiger partial charge in [0.25, 0.3) is 0 Å². The van der Waals surface area contributed by atoms with Crippen LogP contribution in [0.4, 0.5) is 14.5 Å². The van der Waals surface area contributed by atoms with Crippen molar-refractivity contribution in [2.45, 2.75) is 44.9 Å². The maximum Gasteiger partial charge on any atom is 0.131 e. The second-order valence-electron chi connectivity index (χ2n) is 6.59. The summed E-state index contributed by atoms with van der Waals surface area (Å²) >= 11 is 0. The molecule has 5 N–H and O–H groups in total. The van der Waals surface area contributed by atoms with Crippen molar-refractivity contribution in [1.29, 1.82) is 0 Å². The average Bonchev–Trinajstić information content (AvgIpc) is 2.58. The molecule has 6 heteroatoms. The van der Waals surface area contributed by atoms with E-state index < -0.39 is 6.17 Å². The Morgan fingerprint density at radius 2 is 2.12 bits per heavy atom. The van der Waals surface area contributed by atoms with E-state index in [9.17, 15) is 8.78 Å². The van der Waals surface area contributed by atoms with Gasteiger partial charge in [-0.25, -0.2) is 8.78 Å². The van der Waals surface area contributed by atoms with Crippen molar-refractivity contribution in [3.8, 4) is 0 Å². The number of nitrogens with zero attached hydrogens (tertiary/aromatic N) is 1. The molecule has 1 aliphatic heterocycles. The van der Waals surface area contributed by atoms with Crippen molar-refractivity contribution in [3.63, 3.8) is 0 Å². The number of allylic oxidation sites excluding steroid dienone is 4. The van der Waals surface area contributed by atoms with Gasteiger partial charge in [-0.1, -0.05) is 13.0 Å². The Morgan fingerprint density at radius 1 is 1.32 bits per heavy atom. The molecule has 0 saturated heterocycles. The number of hydrogen-bond donors (Lipinski definition) is 3. The predicted octanol–water partition coefficient (Wildman–Crippen LogP) is 3.71.